The SMILES string of the molecule is O=C(Cn1cnc2sccc2c1=O)N[C@H](c1ccccc1)C(F)(F)F. The van der Waals surface area contributed by atoms with Crippen LogP contribution in [0.4, 0.5) is 13.2 Å². The van der Waals surface area contributed by atoms with E-state index >= 15 is 0 Å². The Morgan fingerprint density at radius 1 is 1.24 bits per heavy atom. The smallest absolute Gasteiger partial charge is 0.339 e. The summed E-state index contributed by atoms with van der Waals surface area (Å²) in [6.07, 6.45) is -3.50. The number of rotatable bonds is 4. The molecule has 5 nitrogen and oxygen atoms in total. The number of aromatic nitrogens is 2. The number of carbonyl (C=O) groups is 1. The van der Waals surface area contributed by atoms with Gasteiger partial charge in [0, 0.05) is 0 Å². The minimum absolute atomic E-state index is 0.0814. The van der Waals surface area contributed by atoms with Crippen LogP contribution in [0.2, 0.25) is 0 Å². The minimum atomic E-state index is -4.66. The lowest BCUT2D eigenvalue weighted by atomic mass is 10.1. The van der Waals surface area contributed by atoms with Crippen LogP contribution >= 0.6 is 11.3 Å². The van der Waals surface area contributed by atoms with Crippen molar-refractivity contribution in [2.24, 2.45) is 0 Å². The first-order valence-corrected chi connectivity index (χ1v) is 8.08. The van der Waals surface area contributed by atoms with Crippen LogP contribution in [0, 0.1) is 0 Å². The third-order valence-corrected chi connectivity index (χ3v) is 4.35. The zero-order valence-electron chi connectivity index (χ0n) is 12.7. The Morgan fingerprint density at radius 3 is 2.64 bits per heavy atom. The van der Waals surface area contributed by atoms with Crippen molar-refractivity contribution < 1.29 is 18.0 Å². The highest BCUT2D eigenvalue weighted by molar-refractivity contribution is 7.16. The van der Waals surface area contributed by atoms with Crippen molar-refractivity contribution in [1.82, 2.24) is 14.9 Å². The van der Waals surface area contributed by atoms with E-state index in [4.69, 9.17) is 0 Å². The molecule has 3 aromatic rings. The Morgan fingerprint density at radius 2 is 1.96 bits per heavy atom. The lowest BCUT2D eigenvalue weighted by Gasteiger charge is -2.22. The van der Waals surface area contributed by atoms with E-state index in [1.807, 2.05) is 5.32 Å². The molecule has 2 aromatic heterocycles. The number of hydrogen-bond acceptors (Lipinski definition) is 4. The maximum atomic E-state index is 13.3. The van der Waals surface area contributed by atoms with Crippen molar-refractivity contribution in [2.75, 3.05) is 0 Å². The van der Waals surface area contributed by atoms with Gasteiger partial charge in [0.2, 0.25) is 5.91 Å². The fourth-order valence-corrected chi connectivity index (χ4v) is 3.09. The number of carbonyl (C=O) groups excluding carboxylic acids is 1. The average molecular weight is 367 g/mol. The number of fused-ring (bicyclic) bond motifs is 1. The number of alkyl halides is 3. The molecule has 2 heterocycles. The number of amides is 1. The lowest BCUT2D eigenvalue weighted by Crippen LogP contribution is -2.40. The summed E-state index contributed by atoms with van der Waals surface area (Å²) in [5.41, 5.74) is -0.549. The molecule has 130 valence electrons. The summed E-state index contributed by atoms with van der Waals surface area (Å²) in [5, 5.41) is 3.95. The van der Waals surface area contributed by atoms with Crippen LogP contribution in [-0.2, 0) is 11.3 Å². The molecule has 0 bridgehead atoms. The monoisotopic (exact) mass is 367 g/mol. The second-order valence-corrected chi connectivity index (χ2v) is 6.16. The molecule has 0 unspecified atom stereocenters. The molecule has 3 rings (SSSR count). The number of nitrogens with one attached hydrogen (secondary N) is 1. The van der Waals surface area contributed by atoms with E-state index in [0.29, 0.717) is 10.2 Å². The third-order valence-electron chi connectivity index (χ3n) is 3.53. The van der Waals surface area contributed by atoms with Crippen LogP contribution in [0.5, 0.6) is 0 Å². The maximum Gasteiger partial charge on any atom is 0.412 e. The van der Waals surface area contributed by atoms with E-state index in [1.165, 1.54) is 35.6 Å². The maximum absolute atomic E-state index is 13.3. The second-order valence-electron chi connectivity index (χ2n) is 5.27. The predicted molar refractivity (Wildman–Crippen MR) is 87.3 cm³/mol. The van der Waals surface area contributed by atoms with Gasteiger partial charge in [0.1, 0.15) is 11.4 Å². The molecule has 0 aliphatic rings. The predicted octanol–water partition coefficient (Wildman–Crippen LogP) is 2.88. The standard InChI is InChI=1S/C16H12F3N3O2S/c17-16(18,19)13(10-4-2-1-3-5-10)21-12(23)8-22-9-20-14-11(15(22)24)6-7-25-14/h1-7,9,13H,8H2,(H,21,23)/t13-/m1/s1. The molecule has 9 heteroatoms. The van der Waals surface area contributed by atoms with E-state index in [-0.39, 0.29) is 5.56 Å². The van der Waals surface area contributed by atoms with Gasteiger partial charge in [-0.25, -0.2) is 4.98 Å². The molecule has 0 spiro atoms. The summed E-state index contributed by atoms with van der Waals surface area (Å²) in [5.74, 6) is -0.926. The first kappa shape index (κ1) is 17.2. The van der Waals surface area contributed by atoms with Gasteiger partial charge in [-0.2, -0.15) is 13.2 Å². The quantitative estimate of drug-likeness (QED) is 0.771. The van der Waals surface area contributed by atoms with Gasteiger partial charge in [0.25, 0.3) is 5.56 Å². The highest BCUT2D eigenvalue weighted by Gasteiger charge is 2.41. The largest absolute Gasteiger partial charge is 0.412 e. The van der Waals surface area contributed by atoms with E-state index in [1.54, 1.807) is 17.5 Å². The Balaban J connectivity index is 1.82. The summed E-state index contributed by atoms with van der Waals surface area (Å²) in [7, 11) is 0. The van der Waals surface area contributed by atoms with Gasteiger partial charge in [0.05, 0.1) is 11.7 Å². The highest BCUT2D eigenvalue weighted by atomic mass is 32.1. The second kappa shape index (κ2) is 6.67. The van der Waals surface area contributed by atoms with Gasteiger partial charge in [-0.15, -0.1) is 11.3 Å². The summed E-state index contributed by atoms with van der Waals surface area (Å²) in [4.78, 5) is 28.8. The molecule has 0 aliphatic carbocycles. The van der Waals surface area contributed by atoms with Crippen LogP contribution in [0.25, 0.3) is 10.2 Å². The van der Waals surface area contributed by atoms with Crippen LogP contribution < -0.4 is 10.9 Å². The molecule has 25 heavy (non-hydrogen) atoms. The van der Waals surface area contributed by atoms with Gasteiger partial charge in [-0.1, -0.05) is 30.3 Å². The van der Waals surface area contributed by atoms with Crippen molar-refractivity contribution in [1.29, 1.82) is 0 Å². The first-order valence-electron chi connectivity index (χ1n) is 7.20. The van der Waals surface area contributed by atoms with Crippen molar-refractivity contribution >= 4 is 27.5 Å². The highest BCUT2D eigenvalue weighted by Crippen LogP contribution is 2.32. The Bertz CT molecular complexity index is 950. The van der Waals surface area contributed by atoms with Crippen molar-refractivity contribution in [3.8, 4) is 0 Å². The Labute approximate surface area is 143 Å². The zero-order chi connectivity index (χ0) is 18.0. The normalized spacial score (nSPS) is 12.9. The van der Waals surface area contributed by atoms with E-state index in [0.717, 1.165) is 10.9 Å². The molecule has 1 aromatic carbocycles. The van der Waals surface area contributed by atoms with Gasteiger partial charge < -0.3 is 5.32 Å². The molecule has 0 saturated carbocycles. The minimum Gasteiger partial charge on any atom is -0.339 e. The molecule has 1 atom stereocenters. The van der Waals surface area contributed by atoms with Gasteiger partial charge in [0.15, 0.2) is 6.04 Å². The Hall–Kier alpha value is -2.68. The van der Waals surface area contributed by atoms with E-state index < -0.39 is 30.2 Å². The summed E-state index contributed by atoms with van der Waals surface area (Å²) < 4.78 is 40.8. The van der Waals surface area contributed by atoms with Crippen molar-refractivity contribution in [3.05, 3.63) is 64.0 Å². The molecule has 0 fully saturated rings. The first-order chi connectivity index (χ1) is 11.9. The number of nitrogens with zero attached hydrogens (tertiary/aromatic N) is 2. The summed E-state index contributed by atoms with van der Waals surface area (Å²) in [6.45, 7) is -0.545. The zero-order valence-corrected chi connectivity index (χ0v) is 13.5. The molecular weight excluding hydrogens is 355 g/mol. The lowest BCUT2D eigenvalue weighted by molar-refractivity contribution is -0.163. The van der Waals surface area contributed by atoms with E-state index in [2.05, 4.69) is 4.98 Å². The fraction of sp³-hybridized carbons (Fsp3) is 0.188. The van der Waals surface area contributed by atoms with Crippen molar-refractivity contribution in [3.63, 3.8) is 0 Å². The number of hydrogen-bond donors (Lipinski definition) is 1. The van der Waals surface area contributed by atoms with Crippen LogP contribution in [0.15, 0.2) is 52.9 Å². The third kappa shape index (κ3) is 3.71. The Kier molecular flexibility index (Phi) is 4.58. The van der Waals surface area contributed by atoms with Crippen LogP contribution in [-0.4, -0.2) is 21.6 Å². The van der Waals surface area contributed by atoms with Gasteiger partial charge in [-0.05, 0) is 17.0 Å². The molecular formula is C16H12F3N3O2S. The molecule has 1 amide bonds. The van der Waals surface area contributed by atoms with Crippen LogP contribution in [0.1, 0.15) is 11.6 Å². The molecule has 0 saturated heterocycles. The summed E-state index contributed by atoms with van der Waals surface area (Å²) in [6, 6.07) is 6.48. The topological polar surface area (TPSA) is 64.0 Å². The molecule has 0 aliphatic heterocycles. The number of benzene rings is 1. The number of halogens is 3. The van der Waals surface area contributed by atoms with E-state index in [9.17, 15) is 22.8 Å². The van der Waals surface area contributed by atoms with Gasteiger partial charge in [-0.3, -0.25) is 14.2 Å². The molecule has 0 radical (unpaired) electrons. The number of thiophene rings is 1. The van der Waals surface area contributed by atoms with Crippen molar-refractivity contribution in [2.45, 2.75) is 18.8 Å². The van der Waals surface area contributed by atoms with Crippen LogP contribution in [0.3, 0.4) is 0 Å². The molecule has 1 N–H and O–H groups in total. The summed E-state index contributed by atoms with van der Waals surface area (Å²) >= 11 is 1.27. The van der Waals surface area contributed by atoms with Gasteiger partial charge >= 0.3 is 6.18 Å². The fourth-order valence-electron chi connectivity index (χ4n) is 2.37. The average Bonchev–Trinajstić information content (AvgIpc) is 3.04.